The fourth-order valence-electron chi connectivity index (χ4n) is 1.47. The van der Waals surface area contributed by atoms with Gasteiger partial charge in [-0.05, 0) is 6.07 Å². The Morgan fingerprint density at radius 2 is 2.06 bits per heavy atom. The van der Waals surface area contributed by atoms with Gasteiger partial charge in [0.15, 0.2) is 11.5 Å². The zero-order chi connectivity index (χ0) is 13.1. The number of nitrogens with two attached hydrogens (primary N) is 1. The molecule has 0 bridgehead atoms. The average molecular weight is 252 g/mol. The van der Waals surface area contributed by atoms with Gasteiger partial charge in [0.05, 0.1) is 12.7 Å². The molecule has 0 aliphatic carbocycles. The fraction of sp³-hybridized carbons (Fsp3) is 0.273. The van der Waals surface area contributed by atoms with Gasteiger partial charge in [0.1, 0.15) is 6.54 Å². The number of benzene rings is 1. The number of amides is 1. The third kappa shape index (κ3) is 2.29. The first kappa shape index (κ1) is 12.0. The smallest absolute Gasteiger partial charge is 0.325 e. The molecule has 7 heteroatoms. The molecule has 0 radical (unpaired) electrons. The summed E-state index contributed by atoms with van der Waals surface area (Å²) in [7, 11) is 1.24. The van der Waals surface area contributed by atoms with Crippen molar-refractivity contribution in [2.75, 3.05) is 26.2 Å². The third-order valence-electron chi connectivity index (χ3n) is 2.41. The first-order valence-electron chi connectivity index (χ1n) is 5.16. The highest BCUT2D eigenvalue weighted by molar-refractivity contribution is 6.01. The van der Waals surface area contributed by atoms with E-state index in [1.165, 1.54) is 19.2 Å². The minimum atomic E-state index is -0.539. The first-order chi connectivity index (χ1) is 8.61. The second-order valence-corrected chi connectivity index (χ2v) is 3.55. The second kappa shape index (κ2) is 4.82. The topological polar surface area (TPSA) is 99.9 Å². The number of nitrogen functional groups attached to an aromatic ring is 1. The van der Waals surface area contributed by atoms with Crippen LogP contribution in [-0.2, 0) is 9.53 Å². The first-order valence-corrected chi connectivity index (χ1v) is 5.16. The highest BCUT2D eigenvalue weighted by atomic mass is 16.7. The summed E-state index contributed by atoms with van der Waals surface area (Å²) in [5.41, 5.74) is 6.20. The van der Waals surface area contributed by atoms with Gasteiger partial charge in [0.25, 0.3) is 5.91 Å². The Morgan fingerprint density at radius 3 is 2.72 bits per heavy atom. The molecule has 7 nitrogen and oxygen atoms in total. The maximum absolute atomic E-state index is 11.8. The quantitative estimate of drug-likeness (QED) is 0.575. The van der Waals surface area contributed by atoms with Gasteiger partial charge >= 0.3 is 5.97 Å². The van der Waals surface area contributed by atoms with Gasteiger partial charge in [-0.3, -0.25) is 9.59 Å². The van der Waals surface area contributed by atoms with Crippen molar-refractivity contribution in [3.05, 3.63) is 17.7 Å². The summed E-state index contributed by atoms with van der Waals surface area (Å²) in [6, 6.07) is 2.99. The normalized spacial score (nSPS) is 12.1. The Morgan fingerprint density at radius 1 is 1.39 bits per heavy atom. The molecule has 1 aromatic rings. The number of nitrogens with one attached hydrogen (secondary N) is 1. The van der Waals surface area contributed by atoms with Gasteiger partial charge in [0.2, 0.25) is 6.79 Å². The average Bonchev–Trinajstić information content (AvgIpc) is 2.81. The number of methoxy groups -OCH3 is 1. The highest BCUT2D eigenvalue weighted by Gasteiger charge is 2.19. The lowest BCUT2D eigenvalue weighted by atomic mass is 10.1. The molecule has 0 saturated heterocycles. The van der Waals surface area contributed by atoms with Gasteiger partial charge < -0.3 is 25.3 Å². The van der Waals surface area contributed by atoms with Crippen molar-refractivity contribution in [1.29, 1.82) is 0 Å². The number of fused-ring (bicyclic) bond motifs is 1. The van der Waals surface area contributed by atoms with Crippen molar-refractivity contribution in [3.8, 4) is 11.5 Å². The third-order valence-corrected chi connectivity index (χ3v) is 2.41. The molecule has 1 aliphatic heterocycles. The second-order valence-electron chi connectivity index (χ2n) is 3.55. The number of rotatable bonds is 3. The van der Waals surface area contributed by atoms with Crippen LogP contribution in [0.3, 0.4) is 0 Å². The van der Waals surface area contributed by atoms with Gasteiger partial charge in [-0.15, -0.1) is 0 Å². The standard InChI is InChI=1S/C11H12N2O5/c1-16-10(14)4-13-11(15)6-2-8-9(3-7(6)12)18-5-17-8/h2-3H,4-5,12H2,1H3,(H,13,15). The molecule has 0 spiro atoms. The Labute approximate surface area is 103 Å². The van der Waals surface area contributed by atoms with Crippen LogP contribution < -0.4 is 20.5 Å². The Kier molecular flexibility index (Phi) is 3.22. The molecule has 2 rings (SSSR count). The molecule has 0 aromatic heterocycles. The van der Waals surface area contributed by atoms with Crippen molar-refractivity contribution < 1.29 is 23.8 Å². The molecular weight excluding hydrogens is 240 g/mol. The van der Waals surface area contributed by atoms with E-state index < -0.39 is 11.9 Å². The van der Waals surface area contributed by atoms with Gasteiger partial charge in [0, 0.05) is 11.8 Å². The summed E-state index contributed by atoms with van der Waals surface area (Å²) in [5, 5.41) is 2.39. The number of esters is 1. The lowest BCUT2D eigenvalue weighted by Crippen LogP contribution is -2.30. The Hall–Kier alpha value is -2.44. The zero-order valence-corrected chi connectivity index (χ0v) is 9.69. The molecule has 0 saturated carbocycles. The molecular formula is C11H12N2O5. The van der Waals surface area contributed by atoms with Crippen LogP contribution >= 0.6 is 0 Å². The zero-order valence-electron chi connectivity index (χ0n) is 9.69. The lowest BCUT2D eigenvalue weighted by molar-refractivity contribution is -0.139. The van der Waals surface area contributed by atoms with Gasteiger partial charge in [-0.25, -0.2) is 0 Å². The number of carbonyl (C=O) groups is 2. The molecule has 0 unspecified atom stereocenters. The molecule has 0 fully saturated rings. The maximum atomic E-state index is 11.8. The van der Waals surface area contributed by atoms with E-state index in [4.69, 9.17) is 15.2 Å². The fourth-order valence-corrected chi connectivity index (χ4v) is 1.47. The molecule has 1 aromatic carbocycles. The van der Waals surface area contributed by atoms with E-state index in [0.717, 1.165) is 0 Å². The van der Waals surface area contributed by atoms with E-state index in [0.29, 0.717) is 11.5 Å². The lowest BCUT2D eigenvalue weighted by Gasteiger charge is -2.07. The van der Waals surface area contributed by atoms with E-state index in [1.54, 1.807) is 0 Å². The SMILES string of the molecule is COC(=O)CNC(=O)c1cc2c(cc1N)OCO2. The van der Waals surface area contributed by atoms with Crippen LogP contribution in [-0.4, -0.2) is 32.3 Å². The predicted octanol–water partition coefficient (Wildman–Crippen LogP) is -0.0997. The van der Waals surface area contributed by atoms with Crippen LogP contribution in [0.15, 0.2) is 12.1 Å². The van der Waals surface area contributed by atoms with Crippen LogP contribution in [0.1, 0.15) is 10.4 Å². The number of anilines is 1. The molecule has 0 atom stereocenters. The van der Waals surface area contributed by atoms with Crippen molar-refractivity contribution in [1.82, 2.24) is 5.32 Å². The van der Waals surface area contributed by atoms with E-state index in [2.05, 4.69) is 10.1 Å². The predicted molar refractivity (Wildman–Crippen MR) is 61.3 cm³/mol. The number of ether oxygens (including phenoxy) is 3. The summed E-state index contributed by atoms with van der Waals surface area (Å²) in [5.74, 6) is -0.0664. The molecule has 1 aliphatic rings. The van der Waals surface area contributed by atoms with Crippen LogP contribution in [0.4, 0.5) is 5.69 Å². The molecule has 96 valence electrons. The Bertz CT molecular complexity index is 500. The van der Waals surface area contributed by atoms with Crippen molar-refractivity contribution in [3.63, 3.8) is 0 Å². The summed E-state index contributed by atoms with van der Waals surface area (Å²) in [4.78, 5) is 22.7. The van der Waals surface area contributed by atoms with Crippen LogP contribution in [0.25, 0.3) is 0 Å². The van der Waals surface area contributed by atoms with Crippen LogP contribution in [0.5, 0.6) is 11.5 Å². The molecule has 3 N–H and O–H groups in total. The van der Waals surface area contributed by atoms with Crippen molar-refractivity contribution >= 4 is 17.6 Å². The summed E-state index contributed by atoms with van der Waals surface area (Å²) >= 11 is 0. The Balaban J connectivity index is 2.13. The minimum Gasteiger partial charge on any atom is -0.468 e. The van der Waals surface area contributed by atoms with Gasteiger partial charge in [-0.2, -0.15) is 0 Å². The number of carbonyl (C=O) groups excluding carboxylic acids is 2. The van der Waals surface area contributed by atoms with E-state index in [1.807, 2.05) is 0 Å². The molecule has 18 heavy (non-hydrogen) atoms. The maximum Gasteiger partial charge on any atom is 0.325 e. The number of hydrogen-bond acceptors (Lipinski definition) is 6. The minimum absolute atomic E-state index is 0.0992. The summed E-state index contributed by atoms with van der Waals surface area (Å²) < 4.78 is 14.7. The largest absolute Gasteiger partial charge is 0.468 e. The monoisotopic (exact) mass is 252 g/mol. The van der Waals surface area contributed by atoms with E-state index >= 15 is 0 Å². The molecule has 1 amide bonds. The summed E-state index contributed by atoms with van der Waals surface area (Å²) in [6.07, 6.45) is 0. The molecule has 1 heterocycles. The summed E-state index contributed by atoms with van der Waals surface area (Å²) in [6.45, 7) is -0.120. The van der Waals surface area contributed by atoms with Crippen LogP contribution in [0.2, 0.25) is 0 Å². The highest BCUT2D eigenvalue weighted by Crippen LogP contribution is 2.35. The number of hydrogen-bond donors (Lipinski definition) is 2. The van der Waals surface area contributed by atoms with Gasteiger partial charge in [-0.1, -0.05) is 0 Å². The van der Waals surface area contributed by atoms with E-state index in [-0.39, 0.29) is 24.6 Å². The van der Waals surface area contributed by atoms with Crippen molar-refractivity contribution in [2.45, 2.75) is 0 Å². The van der Waals surface area contributed by atoms with Crippen LogP contribution in [0, 0.1) is 0 Å². The van der Waals surface area contributed by atoms with E-state index in [9.17, 15) is 9.59 Å². The van der Waals surface area contributed by atoms with Crippen molar-refractivity contribution in [2.24, 2.45) is 0 Å².